The largest absolute Gasteiger partial charge is 0.506 e. The fourth-order valence-corrected chi connectivity index (χ4v) is 10.5. The molecule has 1 unspecified atom stereocenters. The summed E-state index contributed by atoms with van der Waals surface area (Å²) in [6.45, 7) is 14.7. The average Bonchev–Trinajstić information content (AvgIpc) is 3.29. The molecule has 2 bridgehead atoms. The van der Waals surface area contributed by atoms with Gasteiger partial charge in [-0.05, 0) is 91.2 Å². The monoisotopic (exact) mass is 937 g/mol. The van der Waals surface area contributed by atoms with E-state index in [9.17, 15) is 24.6 Å². The number of aromatic amines is 1. The Labute approximate surface area is 393 Å². The predicted octanol–water partition coefficient (Wildman–Crippen LogP) is 9.61. The third kappa shape index (κ3) is 10.7. The summed E-state index contributed by atoms with van der Waals surface area (Å²) in [7, 11) is 1.02. The minimum absolute atomic E-state index is 0.0122. The van der Waals surface area contributed by atoms with Crippen LogP contribution >= 0.6 is 11.6 Å². The van der Waals surface area contributed by atoms with Crippen LogP contribution in [-0.4, -0.2) is 104 Å². The molecule has 1 atom stereocenters. The van der Waals surface area contributed by atoms with Gasteiger partial charge in [0.25, 0.3) is 5.91 Å². The number of fused-ring (bicyclic) bond motifs is 4. The zero-order chi connectivity index (χ0) is 47.4. The smallest absolute Gasteiger partial charge is 0.412 e. The Bertz CT molecular complexity index is 2580. The Hall–Kier alpha value is -5.38. The van der Waals surface area contributed by atoms with Gasteiger partial charge in [-0.3, -0.25) is 14.5 Å². The summed E-state index contributed by atoms with van der Waals surface area (Å²) in [4.78, 5) is 47.1. The maximum Gasteiger partial charge on any atom is 0.412 e. The molecule has 3 fully saturated rings. The molecule has 13 nitrogen and oxygen atoms in total. The molecule has 15 heteroatoms. The number of anilines is 1. The van der Waals surface area contributed by atoms with Gasteiger partial charge in [-0.2, -0.15) is 0 Å². The number of piperidine rings is 3. The van der Waals surface area contributed by atoms with Gasteiger partial charge in [-0.1, -0.05) is 80.9 Å². The van der Waals surface area contributed by atoms with Crippen LogP contribution in [0.3, 0.4) is 0 Å². The third-order valence-corrected chi connectivity index (χ3v) is 18.7. The molecular weight excluding hydrogens is 874 g/mol. The van der Waals surface area contributed by atoms with Gasteiger partial charge in [-0.25, -0.2) is 4.79 Å². The Morgan fingerprint density at radius 1 is 0.970 bits per heavy atom. The second-order valence-corrected chi connectivity index (χ2v) is 24.4. The van der Waals surface area contributed by atoms with Gasteiger partial charge in [0.2, 0.25) is 5.56 Å². The second kappa shape index (κ2) is 20.2. The van der Waals surface area contributed by atoms with E-state index in [0.717, 1.165) is 72.4 Å². The number of rotatable bonds is 18. The molecule has 1 aromatic heterocycles. The number of methoxy groups -OCH3 is 1. The zero-order valence-corrected chi connectivity index (χ0v) is 41.0. The van der Waals surface area contributed by atoms with Crippen LogP contribution in [0.5, 0.6) is 17.2 Å². The topological polar surface area (TPSA) is 157 Å². The first-order chi connectivity index (χ1) is 31.4. The molecule has 0 radical (unpaired) electrons. The number of carbonyl (C=O) groups is 2. The van der Waals surface area contributed by atoms with Crippen LogP contribution in [0, 0.1) is 0 Å². The number of hydrogen-bond donors (Lipinski definition) is 4. The normalized spacial score (nSPS) is 17.7. The number of phenolic OH excluding ortho intramolecular Hbond substituents is 1. The molecule has 2 amide bonds. The molecule has 3 aliphatic rings. The van der Waals surface area contributed by atoms with Gasteiger partial charge in [-0.15, -0.1) is 0 Å². The third-order valence-electron chi connectivity index (χ3n) is 13.9. The van der Waals surface area contributed by atoms with Gasteiger partial charge in [0.15, 0.2) is 14.9 Å². The Morgan fingerprint density at radius 3 is 2.35 bits per heavy atom. The van der Waals surface area contributed by atoms with Gasteiger partial charge in [0.1, 0.15) is 17.2 Å². The van der Waals surface area contributed by atoms with Crippen LogP contribution in [0.2, 0.25) is 23.2 Å². The number of nitrogens with one attached hydrogen (secondary N) is 2. The Kier molecular flexibility index (Phi) is 14.9. The standard InChI is InChI=1S/C51H64ClN5O8Si/c1-50(2,3)66(6,7)65-45(38-17-19-42(58)48-39(38)18-20-46(59)54-48)32-53-31-36-29-40(52)44(30-43(36)63-5)64-33-47(60)55(4)24-11-12-34-15-16-37(35-13-9-8-10-14-35)41(28-34)57(49(61)62)51-21-25-56(26-22-51)27-23-51/h8-10,13-20,28-30,45,53,58H,11-12,21-27,31-33H2,1-7H3,(H,54,59)(H,61,62). The molecule has 4 aromatic carbocycles. The first-order valence-electron chi connectivity index (χ1n) is 22.8. The summed E-state index contributed by atoms with van der Waals surface area (Å²) in [6, 6.07) is 26.1. The van der Waals surface area contributed by atoms with Gasteiger partial charge in [0, 0.05) is 75.0 Å². The summed E-state index contributed by atoms with van der Waals surface area (Å²) in [5.74, 6) is 0.626. The minimum Gasteiger partial charge on any atom is -0.506 e. The van der Waals surface area contributed by atoms with E-state index in [-0.39, 0.29) is 28.9 Å². The summed E-state index contributed by atoms with van der Waals surface area (Å²) < 4.78 is 18.7. The average molecular weight is 939 g/mol. The van der Waals surface area contributed by atoms with Crippen molar-refractivity contribution in [3.8, 4) is 28.4 Å². The highest BCUT2D eigenvalue weighted by Gasteiger charge is 2.47. The number of phenols is 1. The highest BCUT2D eigenvalue weighted by Crippen LogP contribution is 2.45. The molecule has 0 spiro atoms. The van der Waals surface area contributed by atoms with Gasteiger partial charge >= 0.3 is 6.09 Å². The predicted molar refractivity (Wildman–Crippen MR) is 264 cm³/mol. The fourth-order valence-electron chi connectivity index (χ4n) is 9.02. The molecule has 3 saturated heterocycles. The van der Waals surface area contributed by atoms with E-state index in [0.29, 0.717) is 59.9 Å². The van der Waals surface area contributed by atoms with Crippen molar-refractivity contribution in [1.29, 1.82) is 0 Å². The lowest BCUT2D eigenvalue weighted by atomic mass is 9.78. The van der Waals surface area contributed by atoms with Crippen molar-refractivity contribution in [3.63, 3.8) is 0 Å². The lowest BCUT2D eigenvalue weighted by Gasteiger charge is -2.53. The molecule has 5 aromatic rings. The van der Waals surface area contributed by atoms with E-state index < -0.39 is 26.1 Å². The highest BCUT2D eigenvalue weighted by atomic mass is 35.5. The number of nitrogens with zero attached hydrogens (tertiary/aromatic N) is 3. The molecular formula is C51H64ClN5O8Si. The number of hydrogen-bond acceptors (Lipinski definition) is 9. The number of halogens is 1. The van der Waals surface area contributed by atoms with Crippen molar-refractivity contribution >= 4 is 48.5 Å². The Morgan fingerprint density at radius 2 is 1.68 bits per heavy atom. The summed E-state index contributed by atoms with van der Waals surface area (Å²) in [5.41, 5.74) is 4.84. The number of benzene rings is 4. The Balaban J connectivity index is 0.980. The van der Waals surface area contributed by atoms with E-state index in [4.69, 9.17) is 25.5 Å². The molecule has 66 heavy (non-hydrogen) atoms. The number of likely N-dealkylation sites (N-methyl/N-ethyl adjacent to an activating group) is 1. The number of aryl methyl sites for hydroxylation is 1. The SMILES string of the molecule is COc1cc(OCC(=O)N(C)CCCc2ccc(-c3ccccc3)c(N(C(=O)O)C34CCN(CC3)CC4)c2)c(Cl)cc1CNCC(O[Si](C)(C)C(C)(C)C)c1ccc(O)c2[nH]c(=O)ccc12. The van der Waals surface area contributed by atoms with E-state index in [1.165, 1.54) is 6.07 Å². The van der Waals surface area contributed by atoms with Crippen LogP contribution in [0.1, 0.15) is 69.2 Å². The molecule has 0 aliphatic carbocycles. The number of ether oxygens (including phenoxy) is 2. The minimum atomic E-state index is -2.29. The maximum atomic E-state index is 13.4. The van der Waals surface area contributed by atoms with E-state index in [1.807, 2.05) is 48.5 Å². The number of aromatic hydroxyl groups is 1. The van der Waals surface area contributed by atoms with Crippen LogP contribution in [0.15, 0.2) is 89.7 Å². The first kappa shape index (κ1) is 48.5. The van der Waals surface area contributed by atoms with Crippen molar-refractivity contribution in [1.82, 2.24) is 20.1 Å². The molecule has 3 aliphatic heterocycles. The quantitative estimate of drug-likeness (QED) is 0.0624. The molecule has 0 saturated carbocycles. The maximum absolute atomic E-state index is 13.4. The second-order valence-electron chi connectivity index (χ2n) is 19.2. The first-order valence-corrected chi connectivity index (χ1v) is 26.1. The van der Waals surface area contributed by atoms with Crippen molar-refractivity contribution in [2.24, 2.45) is 0 Å². The van der Waals surface area contributed by atoms with Crippen molar-refractivity contribution < 1.29 is 33.7 Å². The number of H-pyrrole nitrogens is 1. The van der Waals surface area contributed by atoms with Crippen molar-refractivity contribution in [3.05, 3.63) is 117 Å². The van der Waals surface area contributed by atoms with Crippen molar-refractivity contribution in [2.75, 3.05) is 58.4 Å². The van der Waals surface area contributed by atoms with Crippen LogP contribution in [0.25, 0.3) is 22.0 Å². The highest BCUT2D eigenvalue weighted by molar-refractivity contribution is 6.74. The molecule has 8 rings (SSSR count). The van der Waals surface area contributed by atoms with Crippen LogP contribution < -0.4 is 25.2 Å². The van der Waals surface area contributed by atoms with Gasteiger partial charge < -0.3 is 44.2 Å². The fraction of sp³-hybridized carbons (Fsp3) is 0.431. The number of carbonyl (C=O) groups excluding carboxylic acids is 1. The summed E-state index contributed by atoms with van der Waals surface area (Å²) >= 11 is 6.77. The molecule has 4 N–H and O–H groups in total. The van der Waals surface area contributed by atoms with Crippen LogP contribution in [-0.2, 0) is 22.2 Å². The molecule has 4 heterocycles. The number of aromatic nitrogens is 1. The lowest BCUT2D eigenvalue weighted by Crippen LogP contribution is -2.62. The molecule has 352 valence electrons. The number of carboxylic acid groups (broad SMARTS) is 1. The summed E-state index contributed by atoms with van der Waals surface area (Å²) in [6.07, 6.45) is 2.43. The zero-order valence-electron chi connectivity index (χ0n) is 39.2. The van der Waals surface area contributed by atoms with E-state index in [1.54, 1.807) is 48.2 Å². The van der Waals surface area contributed by atoms with E-state index in [2.05, 4.69) is 55.1 Å². The lowest BCUT2D eigenvalue weighted by molar-refractivity contribution is -0.132. The number of amides is 2. The summed E-state index contributed by atoms with van der Waals surface area (Å²) in [5, 5.41) is 25.8. The van der Waals surface area contributed by atoms with E-state index >= 15 is 0 Å². The van der Waals surface area contributed by atoms with Gasteiger partial charge in [0.05, 0.1) is 35.0 Å². The number of pyridine rings is 1. The van der Waals surface area contributed by atoms with Crippen molar-refractivity contribution in [2.45, 2.75) is 89.2 Å². The van der Waals surface area contributed by atoms with Crippen LogP contribution in [0.4, 0.5) is 10.5 Å².